The summed E-state index contributed by atoms with van der Waals surface area (Å²) in [6.07, 6.45) is 8.65. The van der Waals surface area contributed by atoms with Crippen molar-refractivity contribution in [2.75, 3.05) is 0 Å². The molecule has 4 aliphatic rings. The fourth-order valence-corrected chi connectivity index (χ4v) is 10.3. The Morgan fingerprint density at radius 2 is 1.86 bits per heavy atom. The number of ether oxygens (including phenoxy) is 1. The number of sulfonamides is 1. The summed E-state index contributed by atoms with van der Waals surface area (Å²) >= 11 is 0. The molecule has 3 fully saturated rings. The number of rotatable bonds is 9. The van der Waals surface area contributed by atoms with Crippen LogP contribution in [0.2, 0.25) is 0 Å². The van der Waals surface area contributed by atoms with E-state index < -0.39 is 29.6 Å². The summed E-state index contributed by atoms with van der Waals surface area (Å²) in [6, 6.07) is 6.66. The highest BCUT2D eigenvalue weighted by atomic mass is 32.2. The van der Waals surface area contributed by atoms with Crippen molar-refractivity contribution in [1.82, 2.24) is 4.83 Å². The van der Waals surface area contributed by atoms with Gasteiger partial charge in [0.05, 0.1) is 10.6 Å². The van der Waals surface area contributed by atoms with E-state index in [0.717, 1.165) is 55.4 Å². The summed E-state index contributed by atoms with van der Waals surface area (Å²) in [5.74, 6) is -1.85. The highest BCUT2D eigenvalue weighted by molar-refractivity contribution is 7.89. The number of hydrogen-bond donors (Lipinski definition) is 1. The first kappa shape index (κ1) is 24.1. The number of fused-ring (bicyclic) bond motifs is 5. The second-order valence-electron chi connectivity index (χ2n) is 14.3. The van der Waals surface area contributed by atoms with E-state index in [-0.39, 0.29) is 57.9 Å². The van der Waals surface area contributed by atoms with Gasteiger partial charge < -0.3 is 4.74 Å². The van der Waals surface area contributed by atoms with Crippen LogP contribution in [0.5, 0.6) is 0 Å². The van der Waals surface area contributed by atoms with Crippen LogP contribution in [0.15, 0.2) is 45.9 Å². The number of esters is 1. The molecule has 0 spiro atoms. The van der Waals surface area contributed by atoms with Gasteiger partial charge in [0, 0.05) is 28.9 Å². The molecule has 0 radical (unpaired) electrons. The SMILES string of the molecule is [2H]C([2H])([2H])C([2H])(CCC[C@@H](C)[C@H]1CC[C@H]2C3/C(=N\NS(=O)(=O)c4ccc(C)cc4)C=C4C[C@@H](OC(C)=O)CC[C@]4(C)[C@H]3CC[C@]12C)C([2H])([2H])[2H]. The number of carbonyl (C=O) groups is 1. The van der Waals surface area contributed by atoms with Gasteiger partial charge in [0.25, 0.3) is 10.0 Å². The molecule has 238 valence electrons. The average Bonchev–Trinajstić information content (AvgIpc) is 3.36. The monoisotopic (exact) mass is 617 g/mol. The largest absolute Gasteiger partial charge is 0.462 e. The zero-order valence-electron chi connectivity index (χ0n) is 33.4. The lowest BCUT2D eigenvalue weighted by atomic mass is 9.46. The van der Waals surface area contributed by atoms with E-state index >= 15 is 0 Å². The zero-order chi connectivity index (χ0) is 37.1. The number of hydrazone groups is 1. The summed E-state index contributed by atoms with van der Waals surface area (Å²) in [5.41, 5.74) is 2.61. The molecular formula is C36H54N2O4S. The van der Waals surface area contributed by atoms with E-state index in [2.05, 4.69) is 31.7 Å². The smallest absolute Gasteiger partial charge is 0.302 e. The molecule has 1 aromatic rings. The Hall–Kier alpha value is -2.15. The van der Waals surface area contributed by atoms with Gasteiger partial charge in [-0.15, -0.1) is 0 Å². The quantitative estimate of drug-likeness (QED) is 0.224. The fourth-order valence-electron chi connectivity index (χ4n) is 9.49. The molecule has 4 aliphatic carbocycles. The minimum atomic E-state index is -3.92. The predicted molar refractivity (Wildman–Crippen MR) is 173 cm³/mol. The first-order chi connectivity index (χ1) is 23.0. The Morgan fingerprint density at radius 3 is 2.56 bits per heavy atom. The van der Waals surface area contributed by atoms with Gasteiger partial charge in [0.1, 0.15) is 6.10 Å². The standard InChI is InChI=1S/C36H54N2O4S/c1-23(2)9-8-10-25(4)30-15-16-31-34-32(18-20-36(30,31)7)35(6)19-17-28(42-26(5)39)21-27(35)22-33(34)37-38-43(40,41)29-13-11-24(3)12-14-29/h11-14,22-23,25,28,30-32,34,38H,8-10,15-21H2,1-7H3/b37-33-/t25-,28+,30-,31+,32+,34?,35+,36-/m1/s1/i1D3,2D3,23D. The third-order valence-electron chi connectivity index (χ3n) is 11.7. The third-order valence-corrected chi connectivity index (χ3v) is 12.9. The number of carbonyl (C=O) groups excluding carboxylic acids is 1. The van der Waals surface area contributed by atoms with Crippen LogP contribution in [0.1, 0.15) is 121 Å². The molecule has 3 saturated carbocycles. The van der Waals surface area contributed by atoms with Gasteiger partial charge in [-0.2, -0.15) is 18.4 Å². The van der Waals surface area contributed by atoms with Crippen LogP contribution in [0, 0.1) is 53.2 Å². The summed E-state index contributed by atoms with van der Waals surface area (Å²) < 4.78 is 87.8. The van der Waals surface area contributed by atoms with Crippen LogP contribution in [-0.2, 0) is 19.6 Å². The lowest BCUT2D eigenvalue weighted by Gasteiger charge is -2.58. The van der Waals surface area contributed by atoms with E-state index in [0.29, 0.717) is 25.2 Å². The van der Waals surface area contributed by atoms with E-state index in [1.807, 2.05) is 6.92 Å². The molecule has 43 heavy (non-hydrogen) atoms. The van der Waals surface area contributed by atoms with Gasteiger partial charge in [0.15, 0.2) is 0 Å². The van der Waals surface area contributed by atoms with Gasteiger partial charge in [-0.1, -0.05) is 77.0 Å². The molecule has 1 N–H and O–H groups in total. The Kier molecular flexibility index (Phi) is 6.92. The molecule has 0 heterocycles. The highest BCUT2D eigenvalue weighted by Gasteiger charge is 2.61. The molecule has 0 aromatic heterocycles. The molecule has 0 amide bonds. The van der Waals surface area contributed by atoms with Crippen molar-refractivity contribution in [3.05, 3.63) is 41.5 Å². The van der Waals surface area contributed by atoms with Crippen LogP contribution in [0.25, 0.3) is 0 Å². The van der Waals surface area contributed by atoms with Crippen LogP contribution in [-0.4, -0.2) is 26.2 Å². The molecular weight excluding hydrogens is 556 g/mol. The normalized spacial score (nSPS) is 38.7. The molecule has 8 atom stereocenters. The van der Waals surface area contributed by atoms with Crippen molar-refractivity contribution in [3.8, 4) is 0 Å². The summed E-state index contributed by atoms with van der Waals surface area (Å²) in [7, 11) is -3.92. The van der Waals surface area contributed by atoms with Crippen LogP contribution >= 0.6 is 0 Å². The molecule has 1 unspecified atom stereocenters. The Labute approximate surface area is 270 Å². The Bertz CT molecular complexity index is 1590. The predicted octanol–water partition coefficient (Wildman–Crippen LogP) is 8.21. The van der Waals surface area contributed by atoms with E-state index in [4.69, 9.17) is 19.4 Å². The first-order valence-electron chi connectivity index (χ1n) is 19.6. The lowest BCUT2D eigenvalue weighted by molar-refractivity contribution is -0.148. The van der Waals surface area contributed by atoms with Crippen molar-refractivity contribution in [3.63, 3.8) is 0 Å². The maximum absolute atomic E-state index is 13.4. The number of nitrogens with zero attached hydrogens (tertiary/aromatic N) is 1. The van der Waals surface area contributed by atoms with Crippen LogP contribution < -0.4 is 4.83 Å². The van der Waals surface area contributed by atoms with Crippen molar-refractivity contribution < 1.29 is 27.5 Å². The molecule has 0 saturated heterocycles. The number of allylic oxidation sites excluding steroid dienone is 1. The summed E-state index contributed by atoms with van der Waals surface area (Å²) in [6.45, 7) is 4.32. The topological polar surface area (TPSA) is 84.8 Å². The Morgan fingerprint density at radius 1 is 1.12 bits per heavy atom. The number of aryl methyl sites for hydroxylation is 1. The van der Waals surface area contributed by atoms with Gasteiger partial charge in [0.2, 0.25) is 0 Å². The fraction of sp³-hybridized carbons (Fsp3) is 0.722. The maximum Gasteiger partial charge on any atom is 0.302 e. The summed E-state index contributed by atoms with van der Waals surface area (Å²) in [4.78, 5) is 14.6. The van der Waals surface area contributed by atoms with Crippen molar-refractivity contribution >= 4 is 21.7 Å². The minimum absolute atomic E-state index is 0.0118. The molecule has 0 aliphatic heterocycles. The van der Waals surface area contributed by atoms with E-state index in [9.17, 15) is 13.2 Å². The first-order valence-corrected chi connectivity index (χ1v) is 17.6. The molecule has 5 rings (SSSR count). The molecule has 7 heteroatoms. The van der Waals surface area contributed by atoms with Gasteiger partial charge >= 0.3 is 5.97 Å². The average molecular weight is 618 g/mol. The zero-order valence-corrected chi connectivity index (χ0v) is 27.2. The van der Waals surface area contributed by atoms with Gasteiger partial charge in [-0.05, 0) is 104 Å². The highest BCUT2D eigenvalue weighted by Crippen LogP contribution is 2.67. The van der Waals surface area contributed by atoms with E-state index in [1.165, 1.54) is 6.92 Å². The number of hydrogen-bond acceptors (Lipinski definition) is 5. The van der Waals surface area contributed by atoms with Crippen LogP contribution in [0.4, 0.5) is 0 Å². The van der Waals surface area contributed by atoms with Crippen molar-refractivity contribution in [1.29, 1.82) is 0 Å². The number of benzene rings is 1. The number of nitrogens with one attached hydrogen (secondary N) is 1. The third kappa shape index (κ3) is 6.35. The molecule has 0 bridgehead atoms. The van der Waals surface area contributed by atoms with Gasteiger partial charge in [-0.25, -0.2) is 0 Å². The van der Waals surface area contributed by atoms with Crippen LogP contribution in [0.3, 0.4) is 0 Å². The van der Waals surface area contributed by atoms with Gasteiger partial charge in [-0.3, -0.25) is 4.79 Å². The molecule has 1 aromatic carbocycles. The van der Waals surface area contributed by atoms with Crippen molar-refractivity contribution in [2.45, 2.75) is 124 Å². The Balaban J connectivity index is 1.44. The second-order valence-corrected chi connectivity index (χ2v) is 16.0. The maximum atomic E-state index is 13.4. The second kappa shape index (κ2) is 12.3. The molecule has 6 nitrogen and oxygen atoms in total. The van der Waals surface area contributed by atoms with E-state index in [1.54, 1.807) is 24.3 Å². The lowest BCUT2D eigenvalue weighted by Crippen LogP contribution is -2.54. The summed E-state index contributed by atoms with van der Waals surface area (Å²) in [5, 5.41) is 4.70. The van der Waals surface area contributed by atoms with Crippen molar-refractivity contribution in [2.24, 2.45) is 51.4 Å². The minimum Gasteiger partial charge on any atom is -0.462 e.